The minimum absolute atomic E-state index is 0.0194. The number of fused-ring (bicyclic) bond motifs is 1. The Morgan fingerprint density at radius 2 is 1.91 bits per heavy atom. The number of hydrogen-bond acceptors (Lipinski definition) is 6. The molecule has 0 radical (unpaired) electrons. The van der Waals surface area contributed by atoms with E-state index in [0.29, 0.717) is 0 Å². The number of piperidine rings is 4. The minimum atomic E-state index is -0.686. The highest BCUT2D eigenvalue weighted by Gasteiger charge is 2.56. The van der Waals surface area contributed by atoms with Crippen LogP contribution < -0.4 is 0 Å². The molecule has 0 aromatic carbocycles. The smallest absolute Gasteiger partial charge is 0.330 e. The Labute approximate surface area is 136 Å². The second-order valence-electron chi connectivity index (χ2n) is 7.28. The van der Waals surface area contributed by atoms with Gasteiger partial charge >= 0.3 is 5.97 Å². The molecule has 5 aliphatic heterocycles. The summed E-state index contributed by atoms with van der Waals surface area (Å²) >= 11 is 0. The Balaban J connectivity index is 1.45. The van der Waals surface area contributed by atoms with Crippen LogP contribution in [0.5, 0.6) is 0 Å². The van der Waals surface area contributed by atoms with Gasteiger partial charge in [0.25, 0.3) is 0 Å². The van der Waals surface area contributed by atoms with Crippen LogP contribution in [0.4, 0.5) is 0 Å². The van der Waals surface area contributed by atoms with Gasteiger partial charge in [-0.15, -0.1) is 0 Å². The number of hydrogen-bond donors (Lipinski definition) is 0. The molecule has 7 atom stereocenters. The number of carbonyl (C=O) groups excluding carboxylic acids is 2. The molecule has 6 nitrogen and oxygen atoms in total. The molecule has 5 fully saturated rings. The van der Waals surface area contributed by atoms with Gasteiger partial charge in [0.1, 0.15) is 0 Å². The van der Waals surface area contributed by atoms with Gasteiger partial charge in [0.15, 0.2) is 18.1 Å². The minimum Gasteiger partial charge on any atom is -0.468 e. The summed E-state index contributed by atoms with van der Waals surface area (Å²) in [6.45, 7) is 0.789. The molecular formula is C17H25NO5. The van der Waals surface area contributed by atoms with E-state index >= 15 is 0 Å². The third-order valence-electron chi connectivity index (χ3n) is 5.90. The predicted molar refractivity (Wildman–Crippen MR) is 80.6 cm³/mol. The molecule has 0 amide bonds. The molecule has 5 aliphatic rings. The lowest BCUT2D eigenvalue weighted by Crippen LogP contribution is -2.69. The molecule has 0 N–H and O–H groups in total. The van der Waals surface area contributed by atoms with Gasteiger partial charge in [-0.3, -0.25) is 9.69 Å². The fraction of sp³-hybridized carbons (Fsp3) is 0.882. The molecule has 128 valence electrons. The van der Waals surface area contributed by atoms with E-state index in [1.165, 1.54) is 7.11 Å². The Hall–Kier alpha value is -0.980. The normalized spacial score (nSPS) is 45.8. The standard InChI is InChI=1S/C17H25NO5/c1-21-17(20)15-16(19)10-6-11-8-13(9-12(7-10)18(11)15)23-14-4-2-3-5-22-14/h10-15H,2-9H2,1H3/t10?,11-,12?,13?,14?,15+/m0/s1. The van der Waals surface area contributed by atoms with Crippen LogP contribution in [0.1, 0.15) is 44.9 Å². The van der Waals surface area contributed by atoms with Crippen molar-refractivity contribution in [1.82, 2.24) is 4.90 Å². The number of rotatable bonds is 3. The molecule has 5 rings (SSSR count). The topological polar surface area (TPSA) is 65.1 Å². The maximum absolute atomic E-state index is 12.4. The van der Waals surface area contributed by atoms with Crippen LogP contribution in [0.2, 0.25) is 0 Å². The first kappa shape index (κ1) is 15.5. The maximum Gasteiger partial charge on any atom is 0.330 e. The predicted octanol–water partition coefficient (Wildman–Crippen LogP) is 1.27. The molecule has 23 heavy (non-hydrogen) atoms. The van der Waals surface area contributed by atoms with E-state index < -0.39 is 12.0 Å². The van der Waals surface area contributed by atoms with Crippen molar-refractivity contribution < 1.29 is 23.8 Å². The fourth-order valence-corrected chi connectivity index (χ4v) is 4.95. The van der Waals surface area contributed by atoms with Gasteiger partial charge in [0.05, 0.1) is 13.2 Å². The van der Waals surface area contributed by atoms with Crippen LogP contribution in [0.3, 0.4) is 0 Å². The van der Waals surface area contributed by atoms with Crippen LogP contribution in [0.25, 0.3) is 0 Å². The van der Waals surface area contributed by atoms with Crippen LogP contribution in [-0.2, 0) is 23.8 Å². The highest BCUT2D eigenvalue weighted by atomic mass is 16.7. The Morgan fingerprint density at radius 3 is 2.52 bits per heavy atom. The number of esters is 1. The third kappa shape index (κ3) is 2.71. The zero-order chi connectivity index (χ0) is 16.0. The largest absolute Gasteiger partial charge is 0.468 e. The first-order valence-corrected chi connectivity index (χ1v) is 8.83. The van der Waals surface area contributed by atoms with E-state index in [0.717, 1.165) is 51.6 Å². The van der Waals surface area contributed by atoms with Crippen molar-refractivity contribution in [3.8, 4) is 0 Å². The quantitative estimate of drug-likeness (QED) is 0.575. The summed E-state index contributed by atoms with van der Waals surface area (Å²) in [6, 6.07) is -0.180. The summed E-state index contributed by atoms with van der Waals surface area (Å²) in [5.41, 5.74) is 0. The van der Waals surface area contributed by atoms with Gasteiger partial charge in [-0.05, 0) is 44.9 Å². The Morgan fingerprint density at radius 1 is 1.17 bits per heavy atom. The molecule has 0 saturated carbocycles. The van der Waals surface area contributed by atoms with Gasteiger partial charge in [-0.2, -0.15) is 0 Å². The van der Waals surface area contributed by atoms with Crippen LogP contribution >= 0.6 is 0 Å². The van der Waals surface area contributed by atoms with Crippen molar-refractivity contribution in [1.29, 1.82) is 0 Å². The van der Waals surface area contributed by atoms with Crippen molar-refractivity contribution in [2.75, 3.05) is 13.7 Å². The number of ether oxygens (including phenoxy) is 3. The molecule has 0 aromatic heterocycles. The average molecular weight is 323 g/mol. The molecule has 5 heterocycles. The van der Waals surface area contributed by atoms with Crippen molar-refractivity contribution in [2.45, 2.75) is 75.5 Å². The van der Waals surface area contributed by atoms with Gasteiger partial charge in [0.2, 0.25) is 0 Å². The lowest BCUT2D eigenvalue weighted by molar-refractivity contribution is -0.215. The molecular weight excluding hydrogens is 298 g/mol. The van der Waals surface area contributed by atoms with E-state index in [1.807, 2.05) is 0 Å². The molecule has 5 unspecified atom stereocenters. The fourth-order valence-electron chi connectivity index (χ4n) is 4.95. The van der Waals surface area contributed by atoms with Gasteiger partial charge in [-0.25, -0.2) is 4.79 Å². The summed E-state index contributed by atoms with van der Waals surface area (Å²) in [4.78, 5) is 26.6. The van der Waals surface area contributed by atoms with E-state index in [4.69, 9.17) is 14.2 Å². The molecule has 5 saturated heterocycles. The van der Waals surface area contributed by atoms with Crippen LogP contribution in [0, 0.1) is 5.92 Å². The Kier molecular flexibility index (Phi) is 4.15. The molecule has 4 bridgehead atoms. The van der Waals surface area contributed by atoms with Crippen molar-refractivity contribution >= 4 is 11.8 Å². The number of methoxy groups -OCH3 is 1. The first-order chi connectivity index (χ1) is 11.2. The highest BCUT2D eigenvalue weighted by molar-refractivity contribution is 6.05. The van der Waals surface area contributed by atoms with E-state index in [1.54, 1.807) is 0 Å². The molecule has 6 heteroatoms. The SMILES string of the molecule is COC(=O)[C@H]1C(=O)C2CC3CC(OC4CCCCO4)C[C@H](C2)N31. The summed E-state index contributed by atoms with van der Waals surface area (Å²) in [6.07, 6.45) is 6.84. The number of carbonyl (C=O) groups is 2. The highest BCUT2D eigenvalue weighted by Crippen LogP contribution is 2.45. The average Bonchev–Trinajstić information content (AvgIpc) is 2.55. The zero-order valence-corrected chi connectivity index (χ0v) is 13.6. The number of nitrogens with zero attached hydrogens (tertiary/aromatic N) is 1. The second kappa shape index (κ2) is 6.15. The second-order valence-corrected chi connectivity index (χ2v) is 7.28. The molecule has 0 spiro atoms. The molecule has 0 aromatic rings. The summed E-state index contributed by atoms with van der Waals surface area (Å²) in [5.74, 6) is -0.324. The Bertz CT molecular complexity index is 473. The summed E-state index contributed by atoms with van der Waals surface area (Å²) < 4.78 is 16.7. The van der Waals surface area contributed by atoms with Crippen molar-refractivity contribution in [3.05, 3.63) is 0 Å². The van der Waals surface area contributed by atoms with Crippen LogP contribution in [0.15, 0.2) is 0 Å². The number of Topliss-reactive ketones (excluding diaryl/α,β-unsaturated/α-hetero) is 1. The van der Waals surface area contributed by atoms with Crippen LogP contribution in [-0.4, -0.2) is 60.9 Å². The summed E-state index contributed by atoms with van der Waals surface area (Å²) in [7, 11) is 1.36. The monoisotopic (exact) mass is 323 g/mol. The first-order valence-electron chi connectivity index (χ1n) is 8.83. The third-order valence-corrected chi connectivity index (χ3v) is 5.90. The maximum atomic E-state index is 12.4. The lowest BCUT2D eigenvalue weighted by atomic mass is 9.69. The van der Waals surface area contributed by atoms with Gasteiger partial charge in [0, 0.05) is 24.6 Å². The number of ketones is 1. The summed E-state index contributed by atoms with van der Waals surface area (Å²) in [5, 5.41) is 0. The zero-order valence-electron chi connectivity index (χ0n) is 13.6. The van der Waals surface area contributed by atoms with Crippen molar-refractivity contribution in [3.63, 3.8) is 0 Å². The van der Waals surface area contributed by atoms with E-state index in [9.17, 15) is 9.59 Å². The molecule has 0 aliphatic carbocycles. The lowest BCUT2D eigenvalue weighted by Gasteiger charge is -2.57. The van der Waals surface area contributed by atoms with Gasteiger partial charge < -0.3 is 14.2 Å². The van der Waals surface area contributed by atoms with Gasteiger partial charge in [-0.1, -0.05) is 0 Å². The van der Waals surface area contributed by atoms with E-state index in [2.05, 4.69) is 4.90 Å². The van der Waals surface area contributed by atoms with E-state index in [-0.39, 0.29) is 36.2 Å². The van der Waals surface area contributed by atoms with Crippen molar-refractivity contribution in [2.24, 2.45) is 5.92 Å².